The smallest absolute Gasteiger partial charge is 0.335 e. The lowest BCUT2D eigenvalue weighted by Gasteiger charge is -2.14. The molecule has 43 heavy (non-hydrogen) atoms. The Morgan fingerprint density at radius 1 is 0.977 bits per heavy atom. The van der Waals surface area contributed by atoms with Gasteiger partial charge in [0.15, 0.2) is 0 Å². The molecule has 2 aromatic heterocycles. The number of hydrogen-bond donors (Lipinski definition) is 1. The van der Waals surface area contributed by atoms with Crippen molar-refractivity contribution in [1.82, 2.24) is 14.5 Å². The Kier molecular flexibility index (Phi) is 9.01. The highest BCUT2D eigenvalue weighted by Crippen LogP contribution is 2.28. The van der Waals surface area contributed by atoms with Crippen molar-refractivity contribution >= 4 is 17.0 Å². The first kappa shape index (κ1) is 29.7. The molecule has 0 aliphatic carbocycles. The number of aromatic nitrogens is 3. The Labute approximate surface area is 249 Å². The number of ether oxygens (including phenoxy) is 3. The molecule has 0 amide bonds. The summed E-state index contributed by atoms with van der Waals surface area (Å²) in [5.74, 6) is 0.748. The predicted molar refractivity (Wildman–Crippen MR) is 162 cm³/mol. The van der Waals surface area contributed by atoms with Gasteiger partial charge in [-0.25, -0.2) is 19.2 Å². The van der Waals surface area contributed by atoms with Crippen LogP contribution >= 0.6 is 0 Å². The Morgan fingerprint density at radius 3 is 2.53 bits per heavy atom. The van der Waals surface area contributed by atoms with E-state index in [1.165, 1.54) is 17.7 Å². The maximum atomic E-state index is 15.5. The molecule has 0 saturated heterocycles. The van der Waals surface area contributed by atoms with Gasteiger partial charge in [-0.15, -0.1) is 0 Å². The van der Waals surface area contributed by atoms with Gasteiger partial charge in [0.2, 0.25) is 5.88 Å². The van der Waals surface area contributed by atoms with Gasteiger partial charge in [-0.2, -0.15) is 0 Å². The minimum absolute atomic E-state index is 0.162. The van der Waals surface area contributed by atoms with E-state index in [1.807, 2.05) is 28.8 Å². The van der Waals surface area contributed by atoms with Gasteiger partial charge in [0.05, 0.1) is 36.0 Å². The number of imidazole rings is 1. The molecule has 5 aromatic rings. The SMILES string of the molecule is COCCn1c(Cc2ccc(-c3cccc(OCc4cc(C(C)C)ccc4OC)n3)cc2F)nc2ccc(C(=O)O)cc21. The first-order valence-electron chi connectivity index (χ1n) is 14.0. The molecule has 5 rings (SSSR count). The van der Waals surface area contributed by atoms with E-state index in [-0.39, 0.29) is 18.6 Å². The largest absolute Gasteiger partial charge is 0.496 e. The minimum Gasteiger partial charge on any atom is -0.496 e. The van der Waals surface area contributed by atoms with Crippen LogP contribution in [0.25, 0.3) is 22.3 Å². The molecule has 3 aromatic carbocycles. The average molecular weight is 584 g/mol. The molecule has 0 aliphatic heterocycles. The lowest BCUT2D eigenvalue weighted by molar-refractivity contribution is 0.0697. The lowest BCUT2D eigenvalue weighted by Crippen LogP contribution is -2.10. The van der Waals surface area contributed by atoms with Crippen LogP contribution in [-0.4, -0.2) is 46.4 Å². The summed E-state index contributed by atoms with van der Waals surface area (Å²) in [5, 5.41) is 9.44. The second-order valence-corrected chi connectivity index (χ2v) is 10.5. The van der Waals surface area contributed by atoms with Crippen LogP contribution in [0.3, 0.4) is 0 Å². The van der Waals surface area contributed by atoms with E-state index in [0.29, 0.717) is 58.6 Å². The zero-order valence-corrected chi connectivity index (χ0v) is 24.6. The van der Waals surface area contributed by atoms with Gasteiger partial charge in [0.1, 0.15) is 24.0 Å². The standard InChI is InChI=1S/C34H34FN3O5/c1-21(2)22-11-13-31(42-4)26(16-22)20-43-33-7-5-6-28(37-33)24-9-8-23(27(35)17-24)19-32-36-29-12-10-25(34(39)40)18-30(29)38(32)14-15-41-3/h5-13,16-18,21H,14-15,19-20H2,1-4H3,(H,39,40). The number of rotatable bonds is 12. The molecule has 1 N–H and O–H groups in total. The molecule has 9 heteroatoms. The Hall–Kier alpha value is -4.76. The van der Waals surface area contributed by atoms with Crippen LogP contribution < -0.4 is 9.47 Å². The summed E-state index contributed by atoms with van der Waals surface area (Å²) in [5.41, 5.74) is 5.24. The molecule has 222 valence electrons. The molecule has 0 atom stereocenters. The van der Waals surface area contributed by atoms with Crippen molar-refractivity contribution in [3.05, 3.63) is 107 Å². The Morgan fingerprint density at radius 2 is 1.81 bits per heavy atom. The van der Waals surface area contributed by atoms with Gasteiger partial charge in [0, 0.05) is 37.3 Å². The average Bonchev–Trinajstić information content (AvgIpc) is 3.35. The van der Waals surface area contributed by atoms with Crippen LogP contribution in [0.15, 0.2) is 72.8 Å². The number of carbonyl (C=O) groups is 1. The van der Waals surface area contributed by atoms with Gasteiger partial charge < -0.3 is 23.9 Å². The zero-order chi connectivity index (χ0) is 30.5. The van der Waals surface area contributed by atoms with Crippen molar-refractivity contribution < 1.29 is 28.5 Å². The van der Waals surface area contributed by atoms with Crippen molar-refractivity contribution in [2.75, 3.05) is 20.8 Å². The third kappa shape index (κ3) is 6.67. The Balaban J connectivity index is 1.37. The normalized spacial score (nSPS) is 11.3. The fourth-order valence-corrected chi connectivity index (χ4v) is 4.97. The number of benzene rings is 3. The second kappa shape index (κ2) is 13.0. The molecule has 0 aliphatic rings. The number of hydrogen-bond acceptors (Lipinski definition) is 6. The minimum atomic E-state index is -1.02. The maximum Gasteiger partial charge on any atom is 0.335 e. The van der Waals surface area contributed by atoms with Gasteiger partial charge in [0.25, 0.3) is 0 Å². The fraction of sp³-hybridized carbons (Fsp3) is 0.265. The molecule has 0 unspecified atom stereocenters. The first-order valence-corrected chi connectivity index (χ1v) is 14.0. The monoisotopic (exact) mass is 583 g/mol. The zero-order valence-electron chi connectivity index (χ0n) is 24.6. The number of aromatic carboxylic acids is 1. The molecule has 2 heterocycles. The number of nitrogens with zero attached hydrogens (tertiary/aromatic N) is 3. The summed E-state index contributed by atoms with van der Waals surface area (Å²) in [6, 6.07) is 21.3. The highest BCUT2D eigenvalue weighted by Gasteiger charge is 2.16. The number of carboxylic acid groups (broad SMARTS) is 1. The number of methoxy groups -OCH3 is 2. The quantitative estimate of drug-likeness (QED) is 0.171. The van der Waals surface area contributed by atoms with Crippen molar-refractivity contribution in [2.45, 2.75) is 39.3 Å². The summed E-state index contributed by atoms with van der Waals surface area (Å²) in [7, 11) is 3.23. The number of carboxylic acids is 1. The van der Waals surface area contributed by atoms with Gasteiger partial charge in [-0.3, -0.25) is 0 Å². The topological polar surface area (TPSA) is 95.7 Å². The van der Waals surface area contributed by atoms with Crippen LogP contribution in [0.4, 0.5) is 4.39 Å². The number of pyridine rings is 1. The maximum absolute atomic E-state index is 15.5. The first-order chi connectivity index (χ1) is 20.8. The summed E-state index contributed by atoms with van der Waals surface area (Å²) >= 11 is 0. The van der Waals surface area contributed by atoms with Crippen LogP contribution in [0.2, 0.25) is 0 Å². The highest BCUT2D eigenvalue weighted by atomic mass is 19.1. The third-order valence-corrected chi connectivity index (χ3v) is 7.36. The third-order valence-electron chi connectivity index (χ3n) is 7.36. The summed E-state index contributed by atoms with van der Waals surface area (Å²) in [6.45, 7) is 5.41. The van der Waals surface area contributed by atoms with Crippen LogP contribution in [0.5, 0.6) is 11.6 Å². The molecular formula is C34H34FN3O5. The molecular weight excluding hydrogens is 549 g/mol. The van der Waals surface area contributed by atoms with E-state index in [2.05, 4.69) is 35.9 Å². The van der Waals surface area contributed by atoms with E-state index in [9.17, 15) is 9.90 Å². The van der Waals surface area contributed by atoms with E-state index in [0.717, 1.165) is 11.3 Å². The van der Waals surface area contributed by atoms with Crippen molar-refractivity contribution in [3.63, 3.8) is 0 Å². The van der Waals surface area contributed by atoms with Gasteiger partial charge in [-0.05, 0) is 59.5 Å². The molecule has 0 bridgehead atoms. The molecule has 8 nitrogen and oxygen atoms in total. The van der Waals surface area contributed by atoms with Crippen LogP contribution in [0.1, 0.15) is 52.6 Å². The predicted octanol–water partition coefficient (Wildman–Crippen LogP) is 6.88. The van der Waals surface area contributed by atoms with Crippen molar-refractivity contribution in [1.29, 1.82) is 0 Å². The second-order valence-electron chi connectivity index (χ2n) is 10.5. The highest BCUT2D eigenvalue weighted by molar-refractivity contribution is 5.92. The lowest BCUT2D eigenvalue weighted by atomic mass is 10.0. The van der Waals surface area contributed by atoms with Crippen molar-refractivity contribution in [3.8, 4) is 22.9 Å². The number of halogens is 1. The molecule has 0 spiro atoms. The van der Waals surface area contributed by atoms with E-state index in [4.69, 9.17) is 14.2 Å². The van der Waals surface area contributed by atoms with E-state index >= 15 is 4.39 Å². The summed E-state index contributed by atoms with van der Waals surface area (Å²) in [6.07, 6.45) is 0.223. The van der Waals surface area contributed by atoms with Gasteiger partial charge in [-0.1, -0.05) is 38.1 Å². The molecule has 0 fully saturated rings. The molecule has 0 saturated carbocycles. The molecule has 0 radical (unpaired) electrons. The van der Waals surface area contributed by atoms with Crippen LogP contribution in [0, 0.1) is 5.82 Å². The van der Waals surface area contributed by atoms with E-state index in [1.54, 1.807) is 38.5 Å². The van der Waals surface area contributed by atoms with E-state index < -0.39 is 11.8 Å². The van der Waals surface area contributed by atoms with Crippen LogP contribution in [-0.2, 0) is 24.3 Å². The summed E-state index contributed by atoms with van der Waals surface area (Å²) < 4.78 is 34.1. The fourth-order valence-electron chi connectivity index (χ4n) is 4.97. The number of fused-ring (bicyclic) bond motifs is 1. The Bertz CT molecular complexity index is 1770. The van der Waals surface area contributed by atoms with Crippen molar-refractivity contribution in [2.24, 2.45) is 0 Å². The van der Waals surface area contributed by atoms with Gasteiger partial charge >= 0.3 is 5.97 Å². The summed E-state index contributed by atoms with van der Waals surface area (Å²) in [4.78, 5) is 20.8.